The second-order valence-corrected chi connectivity index (χ2v) is 6.61. The van der Waals surface area contributed by atoms with Crippen LogP contribution in [0, 0.1) is 0 Å². The highest BCUT2D eigenvalue weighted by Gasteiger charge is 2.21. The molecule has 1 aliphatic heterocycles. The third kappa shape index (κ3) is 4.62. The van der Waals surface area contributed by atoms with Crippen LogP contribution in [0.4, 0.5) is 0 Å². The average molecular weight is 280 g/mol. The van der Waals surface area contributed by atoms with Crippen LogP contribution in [0.15, 0.2) is 16.7 Å². The van der Waals surface area contributed by atoms with Crippen molar-refractivity contribution in [3.05, 3.63) is 23.7 Å². The highest BCUT2D eigenvalue weighted by atomic mass is 16.5. The molecule has 1 aromatic heterocycles. The van der Waals surface area contributed by atoms with Gasteiger partial charge in [-0.3, -0.25) is 4.90 Å². The van der Waals surface area contributed by atoms with Crippen LogP contribution in [0.2, 0.25) is 0 Å². The Bertz CT molecular complexity index is 409. The van der Waals surface area contributed by atoms with Gasteiger partial charge in [0.1, 0.15) is 5.76 Å². The van der Waals surface area contributed by atoms with E-state index in [1.807, 2.05) is 0 Å². The molecule has 0 saturated carbocycles. The molecule has 1 aromatic rings. The molecule has 0 amide bonds. The second-order valence-electron chi connectivity index (χ2n) is 6.61. The highest BCUT2D eigenvalue weighted by molar-refractivity contribution is 5.17. The second kappa shape index (κ2) is 6.74. The Morgan fingerprint density at radius 3 is 2.90 bits per heavy atom. The Morgan fingerprint density at radius 2 is 2.20 bits per heavy atom. The maximum Gasteiger partial charge on any atom is 0.122 e. The van der Waals surface area contributed by atoms with E-state index < -0.39 is 0 Å². The Labute approximate surface area is 122 Å². The Balaban J connectivity index is 1.91. The molecule has 0 aliphatic carbocycles. The number of morpholine rings is 1. The minimum absolute atomic E-state index is 0.107. The lowest BCUT2D eigenvalue weighted by molar-refractivity contribution is -0.0326. The lowest BCUT2D eigenvalue weighted by Gasteiger charge is -2.32. The summed E-state index contributed by atoms with van der Waals surface area (Å²) in [7, 11) is 0. The van der Waals surface area contributed by atoms with Crippen LogP contribution in [0.5, 0.6) is 0 Å². The summed E-state index contributed by atoms with van der Waals surface area (Å²) in [4.78, 5) is 2.46. The van der Waals surface area contributed by atoms with Gasteiger partial charge >= 0.3 is 0 Å². The molecule has 4 heteroatoms. The van der Waals surface area contributed by atoms with E-state index in [0.717, 1.165) is 45.0 Å². The summed E-state index contributed by atoms with van der Waals surface area (Å²) in [6.45, 7) is 13.3. The van der Waals surface area contributed by atoms with Gasteiger partial charge in [-0.1, -0.05) is 6.92 Å². The van der Waals surface area contributed by atoms with E-state index in [1.54, 1.807) is 6.26 Å². The van der Waals surface area contributed by atoms with E-state index in [0.29, 0.717) is 6.10 Å². The van der Waals surface area contributed by atoms with Crippen LogP contribution < -0.4 is 5.32 Å². The molecule has 1 N–H and O–H groups in total. The lowest BCUT2D eigenvalue weighted by atomic mass is 10.1. The number of ether oxygens (including phenoxy) is 1. The van der Waals surface area contributed by atoms with Gasteiger partial charge in [-0.25, -0.2) is 0 Å². The molecular formula is C16H28N2O2. The van der Waals surface area contributed by atoms with Crippen molar-refractivity contribution in [3.8, 4) is 0 Å². The summed E-state index contributed by atoms with van der Waals surface area (Å²) in [5.41, 5.74) is 1.40. The number of hydrogen-bond donors (Lipinski definition) is 1. The van der Waals surface area contributed by atoms with E-state index in [-0.39, 0.29) is 5.54 Å². The third-order valence-corrected chi connectivity index (χ3v) is 3.69. The topological polar surface area (TPSA) is 37.6 Å². The van der Waals surface area contributed by atoms with Crippen molar-refractivity contribution in [2.24, 2.45) is 0 Å². The maximum atomic E-state index is 5.72. The highest BCUT2D eigenvalue weighted by Crippen LogP contribution is 2.17. The van der Waals surface area contributed by atoms with Gasteiger partial charge in [-0.15, -0.1) is 0 Å². The van der Waals surface area contributed by atoms with Gasteiger partial charge in [-0.05, 0) is 33.3 Å². The molecule has 1 aliphatic rings. The van der Waals surface area contributed by atoms with Crippen LogP contribution in [-0.2, 0) is 17.8 Å². The summed E-state index contributed by atoms with van der Waals surface area (Å²) in [6, 6.07) is 2.09. The van der Waals surface area contributed by atoms with Crippen molar-refractivity contribution in [2.75, 3.05) is 19.7 Å². The number of nitrogens with one attached hydrogen (secondary N) is 1. The van der Waals surface area contributed by atoms with Gasteiger partial charge in [0.25, 0.3) is 0 Å². The molecule has 0 spiro atoms. The Kier molecular flexibility index (Phi) is 5.24. The minimum Gasteiger partial charge on any atom is -0.468 e. The third-order valence-electron chi connectivity index (χ3n) is 3.69. The first kappa shape index (κ1) is 15.5. The average Bonchev–Trinajstić information content (AvgIpc) is 2.83. The molecule has 1 fully saturated rings. The zero-order valence-electron chi connectivity index (χ0n) is 13.2. The number of nitrogens with zero attached hydrogens (tertiary/aromatic N) is 1. The van der Waals surface area contributed by atoms with Gasteiger partial charge in [0.15, 0.2) is 0 Å². The van der Waals surface area contributed by atoms with E-state index in [9.17, 15) is 0 Å². The zero-order valence-corrected chi connectivity index (χ0v) is 13.2. The fraction of sp³-hybridized carbons (Fsp3) is 0.750. The first-order valence-corrected chi connectivity index (χ1v) is 7.62. The SMILES string of the molecule is CCC1CN(Cc2ccoc2CNC(C)(C)C)CCO1. The van der Waals surface area contributed by atoms with Crippen LogP contribution >= 0.6 is 0 Å². The molecule has 0 radical (unpaired) electrons. The lowest BCUT2D eigenvalue weighted by Crippen LogP contribution is -2.41. The van der Waals surface area contributed by atoms with E-state index in [1.165, 1.54) is 5.56 Å². The van der Waals surface area contributed by atoms with Gasteiger partial charge in [0, 0.05) is 30.7 Å². The minimum atomic E-state index is 0.107. The largest absolute Gasteiger partial charge is 0.468 e. The molecule has 1 saturated heterocycles. The van der Waals surface area contributed by atoms with Crippen molar-refractivity contribution in [3.63, 3.8) is 0 Å². The molecule has 114 valence electrons. The summed E-state index contributed by atoms with van der Waals surface area (Å²) < 4.78 is 11.4. The van der Waals surface area contributed by atoms with Crippen molar-refractivity contribution < 1.29 is 9.15 Å². The van der Waals surface area contributed by atoms with Crippen molar-refractivity contribution in [2.45, 2.75) is 58.8 Å². The standard InChI is InChI=1S/C16H28N2O2/c1-5-14-12-18(7-9-19-14)11-13-6-8-20-15(13)10-17-16(2,3)4/h6,8,14,17H,5,7,9-12H2,1-4H3. The first-order chi connectivity index (χ1) is 9.48. The van der Waals surface area contributed by atoms with Crippen LogP contribution in [0.25, 0.3) is 0 Å². The van der Waals surface area contributed by atoms with E-state index in [4.69, 9.17) is 9.15 Å². The number of hydrogen-bond acceptors (Lipinski definition) is 4. The molecule has 2 rings (SSSR count). The number of furan rings is 1. The maximum absolute atomic E-state index is 5.72. The predicted octanol–water partition coefficient (Wildman–Crippen LogP) is 2.78. The van der Waals surface area contributed by atoms with Crippen LogP contribution in [-0.4, -0.2) is 36.2 Å². The summed E-state index contributed by atoms with van der Waals surface area (Å²) in [5, 5.41) is 3.48. The van der Waals surface area contributed by atoms with Crippen LogP contribution in [0.1, 0.15) is 45.4 Å². The monoisotopic (exact) mass is 280 g/mol. The normalized spacial score (nSPS) is 21.3. The Morgan fingerprint density at radius 1 is 1.40 bits per heavy atom. The summed E-state index contributed by atoms with van der Waals surface area (Å²) in [6.07, 6.45) is 3.26. The van der Waals surface area contributed by atoms with E-state index in [2.05, 4.69) is 44.0 Å². The summed E-state index contributed by atoms with van der Waals surface area (Å²) >= 11 is 0. The molecule has 1 atom stereocenters. The molecule has 20 heavy (non-hydrogen) atoms. The van der Waals surface area contributed by atoms with E-state index >= 15 is 0 Å². The van der Waals surface area contributed by atoms with Crippen LogP contribution in [0.3, 0.4) is 0 Å². The quantitative estimate of drug-likeness (QED) is 0.900. The number of rotatable bonds is 5. The summed E-state index contributed by atoms with van der Waals surface area (Å²) in [5.74, 6) is 1.06. The smallest absolute Gasteiger partial charge is 0.122 e. The van der Waals surface area contributed by atoms with Crippen molar-refractivity contribution in [1.82, 2.24) is 10.2 Å². The molecule has 2 heterocycles. The Hall–Kier alpha value is -0.840. The van der Waals surface area contributed by atoms with Crippen molar-refractivity contribution in [1.29, 1.82) is 0 Å². The first-order valence-electron chi connectivity index (χ1n) is 7.62. The predicted molar refractivity (Wildman–Crippen MR) is 80.6 cm³/mol. The van der Waals surface area contributed by atoms with Gasteiger partial charge in [0.05, 0.1) is 25.5 Å². The molecule has 0 bridgehead atoms. The van der Waals surface area contributed by atoms with Gasteiger partial charge in [0.2, 0.25) is 0 Å². The van der Waals surface area contributed by atoms with Gasteiger partial charge in [-0.2, -0.15) is 0 Å². The fourth-order valence-electron chi connectivity index (χ4n) is 2.42. The zero-order chi connectivity index (χ0) is 14.6. The molecule has 1 unspecified atom stereocenters. The van der Waals surface area contributed by atoms with Gasteiger partial charge < -0.3 is 14.5 Å². The molecule has 4 nitrogen and oxygen atoms in total. The molecular weight excluding hydrogens is 252 g/mol. The fourth-order valence-corrected chi connectivity index (χ4v) is 2.42. The molecule has 0 aromatic carbocycles. The van der Waals surface area contributed by atoms with Crippen molar-refractivity contribution >= 4 is 0 Å².